The molecule has 1 fully saturated rings. The average molecular weight is 272 g/mol. The average Bonchev–Trinajstić information content (AvgIpc) is 2.56. The summed E-state index contributed by atoms with van der Waals surface area (Å²) in [6.45, 7) is 3.51. The predicted molar refractivity (Wildman–Crippen MR) is 65.3 cm³/mol. The van der Waals surface area contributed by atoms with E-state index in [2.05, 4.69) is 0 Å². The lowest BCUT2D eigenvalue weighted by Gasteiger charge is -2.33. The van der Waals surface area contributed by atoms with Crippen molar-refractivity contribution in [3.05, 3.63) is 0 Å². The van der Waals surface area contributed by atoms with E-state index in [0.717, 1.165) is 0 Å². The van der Waals surface area contributed by atoms with Crippen LogP contribution >= 0.6 is 0 Å². The normalized spacial score (nSPS) is 26.1. The molecular weight excluding hydrogens is 252 g/mol. The smallest absolute Gasteiger partial charge is 0.326 e. The molecule has 0 bridgehead atoms. The Morgan fingerprint density at radius 3 is 2.11 bits per heavy atom. The topological polar surface area (TPSA) is 78.9 Å². The number of hydrogen-bond acceptors (Lipinski definition) is 6. The lowest BCUT2D eigenvalue weighted by molar-refractivity contribution is -0.183. The maximum atomic E-state index is 12.1. The van der Waals surface area contributed by atoms with Crippen molar-refractivity contribution in [2.24, 2.45) is 11.3 Å². The highest BCUT2D eigenvalue weighted by Gasteiger charge is 2.58. The Morgan fingerprint density at radius 2 is 1.68 bits per heavy atom. The van der Waals surface area contributed by atoms with Crippen LogP contribution in [-0.2, 0) is 28.6 Å². The van der Waals surface area contributed by atoms with Crippen LogP contribution in [0, 0.1) is 11.3 Å². The van der Waals surface area contributed by atoms with Crippen LogP contribution in [-0.4, -0.2) is 44.7 Å². The summed E-state index contributed by atoms with van der Waals surface area (Å²) in [5, 5.41) is 0. The Bertz CT molecular complexity index is 359. The van der Waals surface area contributed by atoms with Crippen molar-refractivity contribution < 1.29 is 28.6 Å². The van der Waals surface area contributed by atoms with Gasteiger partial charge in [-0.3, -0.25) is 14.4 Å². The van der Waals surface area contributed by atoms with Crippen LogP contribution in [0.25, 0.3) is 0 Å². The van der Waals surface area contributed by atoms with E-state index in [1.165, 1.54) is 21.1 Å². The maximum Gasteiger partial charge on any atom is 0.326 e. The lowest BCUT2D eigenvalue weighted by atomic mass is 9.73. The van der Waals surface area contributed by atoms with Gasteiger partial charge in [0, 0.05) is 6.61 Å². The van der Waals surface area contributed by atoms with Crippen molar-refractivity contribution in [3.8, 4) is 0 Å². The SMILES string of the molecule is COC(=O)C1(C(=O)OC)CC(C)CCOC1C(C)=O. The van der Waals surface area contributed by atoms with Crippen LogP contribution in [0.2, 0.25) is 0 Å². The molecule has 0 aromatic carbocycles. The first-order chi connectivity index (χ1) is 8.90. The third kappa shape index (κ3) is 2.78. The molecule has 1 aliphatic heterocycles. The van der Waals surface area contributed by atoms with Crippen molar-refractivity contribution in [2.45, 2.75) is 32.8 Å². The molecule has 0 radical (unpaired) electrons. The van der Waals surface area contributed by atoms with E-state index in [9.17, 15) is 14.4 Å². The number of carbonyl (C=O) groups is 3. The van der Waals surface area contributed by atoms with Crippen LogP contribution in [0.5, 0.6) is 0 Å². The van der Waals surface area contributed by atoms with E-state index < -0.39 is 23.5 Å². The highest BCUT2D eigenvalue weighted by atomic mass is 16.6. The first kappa shape index (κ1) is 15.6. The summed E-state index contributed by atoms with van der Waals surface area (Å²) in [4.78, 5) is 36.1. The summed E-state index contributed by atoms with van der Waals surface area (Å²) in [6, 6.07) is 0. The van der Waals surface area contributed by atoms with Crippen molar-refractivity contribution in [3.63, 3.8) is 0 Å². The molecule has 2 unspecified atom stereocenters. The van der Waals surface area contributed by atoms with Gasteiger partial charge < -0.3 is 14.2 Å². The van der Waals surface area contributed by atoms with Crippen LogP contribution < -0.4 is 0 Å². The molecule has 2 atom stereocenters. The summed E-state index contributed by atoms with van der Waals surface area (Å²) in [5.41, 5.74) is -1.70. The highest BCUT2D eigenvalue weighted by molar-refractivity contribution is 6.05. The number of ether oxygens (including phenoxy) is 3. The predicted octanol–water partition coefficient (Wildman–Crippen LogP) is 0.723. The highest BCUT2D eigenvalue weighted by Crippen LogP contribution is 2.39. The summed E-state index contributed by atoms with van der Waals surface area (Å²) >= 11 is 0. The van der Waals surface area contributed by atoms with E-state index in [0.29, 0.717) is 13.0 Å². The van der Waals surface area contributed by atoms with Crippen LogP contribution in [0.4, 0.5) is 0 Å². The Kier molecular flexibility index (Phi) is 5.05. The van der Waals surface area contributed by atoms with Gasteiger partial charge in [0.2, 0.25) is 0 Å². The monoisotopic (exact) mass is 272 g/mol. The van der Waals surface area contributed by atoms with Crippen LogP contribution in [0.15, 0.2) is 0 Å². The van der Waals surface area contributed by atoms with Gasteiger partial charge in [-0.25, -0.2) is 0 Å². The molecule has 0 aliphatic carbocycles. The fourth-order valence-corrected chi connectivity index (χ4v) is 2.58. The molecule has 1 aliphatic rings. The lowest BCUT2D eigenvalue weighted by Crippen LogP contribution is -2.54. The Morgan fingerprint density at radius 1 is 1.16 bits per heavy atom. The van der Waals surface area contributed by atoms with Gasteiger partial charge in [-0.15, -0.1) is 0 Å². The van der Waals surface area contributed by atoms with Crippen molar-refractivity contribution >= 4 is 17.7 Å². The van der Waals surface area contributed by atoms with Gasteiger partial charge in [-0.1, -0.05) is 6.92 Å². The zero-order valence-corrected chi connectivity index (χ0v) is 11.7. The Labute approximate surface area is 112 Å². The first-order valence-electron chi connectivity index (χ1n) is 6.19. The van der Waals surface area contributed by atoms with E-state index in [1.807, 2.05) is 6.92 Å². The zero-order chi connectivity index (χ0) is 14.6. The second-order valence-electron chi connectivity index (χ2n) is 4.91. The molecule has 0 aromatic heterocycles. The number of ketones is 1. The van der Waals surface area contributed by atoms with Crippen LogP contribution in [0.3, 0.4) is 0 Å². The van der Waals surface area contributed by atoms with Gasteiger partial charge in [-0.2, -0.15) is 0 Å². The Hall–Kier alpha value is -1.43. The van der Waals surface area contributed by atoms with Crippen LogP contribution in [0.1, 0.15) is 26.7 Å². The quantitative estimate of drug-likeness (QED) is 0.556. The van der Waals surface area contributed by atoms with E-state index in [1.54, 1.807) is 0 Å². The van der Waals surface area contributed by atoms with Gasteiger partial charge in [0.05, 0.1) is 14.2 Å². The van der Waals surface area contributed by atoms with Gasteiger partial charge in [-0.05, 0) is 25.7 Å². The second-order valence-corrected chi connectivity index (χ2v) is 4.91. The third-order valence-corrected chi connectivity index (χ3v) is 3.48. The number of Topliss-reactive ketones (excluding diaryl/α,β-unsaturated/α-hetero) is 1. The van der Waals surface area contributed by atoms with E-state index in [4.69, 9.17) is 14.2 Å². The van der Waals surface area contributed by atoms with Crippen molar-refractivity contribution in [2.75, 3.05) is 20.8 Å². The van der Waals surface area contributed by atoms with Gasteiger partial charge in [0.25, 0.3) is 0 Å². The van der Waals surface area contributed by atoms with Gasteiger partial charge >= 0.3 is 11.9 Å². The largest absolute Gasteiger partial charge is 0.468 e. The van der Waals surface area contributed by atoms with Gasteiger partial charge in [0.1, 0.15) is 6.10 Å². The van der Waals surface area contributed by atoms with Crippen molar-refractivity contribution in [1.82, 2.24) is 0 Å². The molecule has 0 N–H and O–H groups in total. The molecule has 1 heterocycles. The minimum absolute atomic E-state index is 0.0440. The molecule has 0 amide bonds. The van der Waals surface area contributed by atoms with Crippen molar-refractivity contribution in [1.29, 1.82) is 0 Å². The molecule has 6 nitrogen and oxygen atoms in total. The Balaban J connectivity index is 3.35. The zero-order valence-electron chi connectivity index (χ0n) is 11.7. The molecule has 19 heavy (non-hydrogen) atoms. The number of methoxy groups -OCH3 is 2. The number of hydrogen-bond donors (Lipinski definition) is 0. The molecule has 6 heteroatoms. The molecule has 0 aromatic rings. The summed E-state index contributed by atoms with van der Waals surface area (Å²) in [6.07, 6.45) is -0.312. The number of esters is 2. The molecule has 108 valence electrons. The summed E-state index contributed by atoms with van der Waals surface area (Å²) in [7, 11) is 2.36. The molecule has 0 spiro atoms. The van der Waals surface area contributed by atoms with E-state index in [-0.39, 0.29) is 18.1 Å². The summed E-state index contributed by atoms with van der Waals surface area (Å²) in [5.74, 6) is -1.91. The number of carbonyl (C=O) groups excluding carboxylic acids is 3. The second kappa shape index (κ2) is 6.14. The minimum atomic E-state index is -1.70. The fraction of sp³-hybridized carbons (Fsp3) is 0.769. The number of rotatable bonds is 3. The minimum Gasteiger partial charge on any atom is -0.468 e. The molecule has 0 saturated carbocycles. The standard InChI is InChI=1S/C13H20O6/c1-8-5-6-19-10(9(2)14)13(7-8,11(15)17-3)12(16)18-4/h8,10H,5-7H2,1-4H3. The fourth-order valence-electron chi connectivity index (χ4n) is 2.58. The van der Waals surface area contributed by atoms with E-state index >= 15 is 0 Å². The molecular formula is C13H20O6. The van der Waals surface area contributed by atoms with Gasteiger partial charge in [0.15, 0.2) is 11.2 Å². The first-order valence-corrected chi connectivity index (χ1v) is 6.19. The summed E-state index contributed by atoms with van der Waals surface area (Å²) < 4.78 is 14.9. The molecule has 1 saturated heterocycles. The third-order valence-electron chi connectivity index (χ3n) is 3.48. The molecule has 1 rings (SSSR count). The maximum absolute atomic E-state index is 12.1.